The van der Waals surface area contributed by atoms with Gasteiger partial charge >= 0.3 is 0 Å². The predicted octanol–water partition coefficient (Wildman–Crippen LogP) is 4.62. The van der Waals surface area contributed by atoms with Crippen molar-refractivity contribution in [3.05, 3.63) is 107 Å². The molecular formula is C34H36N2O3. The first-order valence-corrected chi connectivity index (χ1v) is 14.3. The van der Waals surface area contributed by atoms with Crippen molar-refractivity contribution < 1.29 is 14.6 Å². The highest BCUT2D eigenvalue weighted by Crippen LogP contribution is 2.64. The number of hydrogen-bond donors (Lipinski definition) is 1. The minimum Gasteiger partial charge on any atom is -0.487 e. The van der Waals surface area contributed by atoms with E-state index in [-0.39, 0.29) is 24.1 Å². The average molecular weight is 521 g/mol. The van der Waals surface area contributed by atoms with Gasteiger partial charge in [0.1, 0.15) is 11.9 Å². The molecule has 39 heavy (non-hydrogen) atoms. The number of carbonyl (C=O) groups excluding carboxylic acids is 1. The summed E-state index contributed by atoms with van der Waals surface area (Å²) in [4.78, 5) is 17.8. The van der Waals surface area contributed by atoms with Crippen LogP contribution in [-0.2, 0) is 23.1 Å². The molecule has 0 radical (unpaired) electrons. The Hall–Kier alpha value is -3.41. The number of nitrogens with zero attached hydrogens (tertiary/aromatic N) is 2. The predicted molar refractivity (Wildman–Crippen MR) is 153 cm³/mol. The lowest BCUT2D eigenvalue weighted by Crippen LogP contribution is -2.78. The van der Waals surface area contributed by atoms with Crippen LogP contribution in [0.25, 0.3) is 6.08 Å². The Morgan fingerprint density at radius 1 is 1.05 bits per heavy atom. The Labute approximate surface area is 230 Å². The number of ether oxygens (including phenoxy) is 1. The molecule has 4 aliphatic rings. The number of aliphatic hydroxyl groups is 1. The molecule has 2 aliphatic carbocycles. The maximum Gasteiger partial charge on any atom is 0.246 e. The molecule has 0 unspecified atom stereocenters. The summed E-state index contributed by atoms with van der Waals surface area (Å²) in [6.07, 6.45) is 7.31. The maximum absolute atomic E-state index is 13.4. The molecule has 1 amide bonds. The van der Waals surface area contributed by atoms with Crippen molar-refractivity contribution in [3.63, 3.8) is 0 Å². The molecule has 2 fully saturated rings. The first kappa shape index (κ1) is 24.6. The quantitative estimate of drug-likeness (QED) is 0.482. The van der Waals surface area contributed by atoms with Crippen molar-refractivity contribution in [2.45, 2.75) is 61.3 Å². The van der Waals surface area contributed by atoms with Crippen LogP contribution in [-0.4, -0.2) is 64.7 Å². The van der Waals surface area contributed by atoms with Gasteiger partial charge in [-0.05, 0) is 67.5 Å². The topological polar surface area (TPSA) is 53.0 Å². The average Bonchev–Trinajstić information content (AvgIpc) is 3.31. The molecule has 1 saturated heterocycles. The zero-order chi connectivity index (χ0) is 26.6. The number of benzene rings is 3. The van der Waals surface area contributed by atoms with Crippen LogP contribution in [0.3, 0.4) is 0 Å². The van der Waals surface area contributed by atoms with E-state index in [1.54, 1.807) is 6.08 Å². The van der Waals surface area contributed by atoms with Gasteiger partial charge in [-0.25, -0.2) is 0 Å². The zero-order valence-electron chi connectivity index (χ0n) is 22.5. The molecule has 5 atom stereocenters. The molecule has 5 nitrogen and oxygen atoms in total. The zero-order valence-corrected chi connectivity index (χ0v) is 22.5. The van der Waals surface area contributed by atoms with Crippen molar-refractivity contribution in [2.24, 2.45) is 0 Å². The largest absolute Gasteiger partial charge is 0.487 e. The molecule has 200 valence electrons. The van der Waals surface area contributed by atoms with E-state index >= 15 is 0 Å². The molecule has 3 aromatic carbocycles. The highest BCUT2D eigenvalue weighted by molar-refractivity contribution is 5.92. The van der Waals surface area contributed by atoms with E-state index in [4.69, 9.17) is 4.74 Å². The van der Waals surface area contributed by atoms with Crippen molar-refractivity contribution in [3.8, 4) is 5.75 Å². The Balaban J connectivity index is 1.20. The lowest BCUT2D eigenvalue weighted by atomic mass is 9.48. The van der Waals surface area contributed by atoms with E-state index in [1.807, 2.05) is 48.4 Å². The van der Waals surface area contributed by atoms with Crippen molar-refractivity contribution in [1.29, 1.82) is 0 Å². The van der Waals surface area contributed by atoms with Crippen molar-refractivity contribution in [2.75, 3.05) is 20.1 Å². The van der Waals surface area contributed by atoms with Crippen LogP contribution in [0.2, 0.25) is 0 Å². The maximum atomic E-state index is 13.4. The van der Waals surface area contributed by atoms with E-state index in [9.17, 15) is 9.90 Å². The second-order valence-corrected chi connectivity index (χ2v) is 11.8. The van der Waals surface area contributed by atoms with Crippen molar-refractivity contribution in [1.82, 2.24) is 9.80 Å². The number of amides is 1. The molecule has 5 heteroatoms. The molecule has 7 rings (SSSR count). The minimum absolute atomic E-state index is 0.0295. The van der Waals surface area contributed by atoms with Gasteiger partial charge in [0.05, 0.1) is 17.1 Å². The van der Waals surface area contributed by atoms with Crippen LogP contribution in [0.4, 0.5) is 0 Å². The Morgan fingerprint density at radius 3 is 2.62 bits per heavy atom. The van der Waals surface area contributed by atoms with E-state index < -0.39 is 11.0 Å². The van der Waals surface area contributed by atoms with Gasteiger partial charge in [0.2, 0.25) is 5.91 Å². The molecule has 1 N–H and O–H groups in total. The standard InChI is InChI=1S/C34H36N2O3/c1-35(30(37)16-15-24-9-4-2-5-10-24)27-17-19-34(38)29-23-26-13-8-14-28-31(26)33(34,32(27)39-28)20-22-36(29)21-18-25-11-6-3-7-12-25/h2-16,27,29,32,38H,17-23H2,1H3/t27-,29-,32+,33+,34-/m1/s1. The fourth-order valence-corrected chi connectivity index (χ4v) is 8.17. The monoisotopic (exact) mass is 520 g/mol. The summed E-state index contributed by atoms with van der Waals surface area (Å²) in [5.74, 6) is 0.873. The number of hydrogen-bond acceptors (Lipinski definition) is 4. The third-order valence-corrected chi connectivity index (χ3v) is 10.0. The minimum atomic E-state index is -0.882. The van der Waals surface area contributed by atoms with Crippen LogP contribution in [0, 0.1) is 0 Å². The van der Waals surface area contributed by atoms with E-state index in [2.05, 4.69) is 53.4 Å². The van der Waals surface area contributed by atoms with Gasteiger partial charge in [-0.15, -0.1) is 0 Å². The number of rotatable bonds is 6. The molecule has 2 aliphatic heterocycles. The van der Waals surface area contributed by atoms with Crippen LogP contribution in [0.5, 0.6) is 5.75 Å². The normalized spacial score (nSPS) is 30.6. The van der Waals surface area contributed by atoms with Gasteiger partial charge in [-0.3, -0.25) is 9.69 Å². The lowest BCUT2D eigenvalue weighted by Gasteiger charge is -2.64. The third-order valence-electron chi connectivity index (χ3n) is 10.0. The van der Waals surface area contributed by atoms with Gasteiger partial charge in [0.25, 0.3) is 0 Å². The third kappa shape index (κ3) is 3.70. The summed E-state index contributed by atoms with van der Waals surface area (Å²) < 4.78 is 6.76. The van der Waals surface area contributed by atoms with E-state index in [0.29, 0.717) is 6.42 Å². The van der Waals surface area contributed by atoms with Crippen molar-refractivity contribution >= 4 is 12.0 Å². The van der Waals surface area contributed by atoms with Crippen LogP contribution in [0.1, 0.15) is 41.5 Å². The molecule has 1 spiro atoms. The first-order chi connectivity index (χ1) is 19.0. The second-order valence-electron chi connectivity index (χ2n) is 11.8. The van der Waals surface area contributed by atoms with Crippen LogP contribution < -0.4 is 4.74 Å². The van der Waals surface area contributed by atoms with Gasteiger partial charge in [-0.1, -0.05) is 72.8 Å². The Morgan fingerprint density at radius 2 is 1.82 bits per heavy atom. The summed E-state index contributed by atoms with van der Waals surface area (Å²) in [7, 11) is 1.89. The van der Waals surface area contributed by atoms with E-state index in [1.165, 1.54) is 16.7 Å². The van der Waals surface area contributed by atoms with Gasteiger partial charge in [-0.2, -0.15) is 0 Å². The molecule has 1 saturated carbocycles. The second kappa shape index (κ2) is 9.35. The summed E-state index contributed by atoms with van der Waals surface area (Å²) >= 11 is 0. The van der Waals surface area contributed by atoms with E-state index in [0.717, 1.165) is 50.1 Å². The fraction of sp³-hybridized carbons (Fsp3) is 0.382. The SMILES string of the molecule is CN(C(=O)C=Cc1ccccc1)[C@@H]1CC[C@@]2(O)[C@H]3Cc4cccc5c4[C@@]2(CCN3CCc2ccccc2)[C@H]1O5. The van der Waals surface area contributed by atoms with Crippen LogP contribution >= 0.6 is 0 Å². The first-order valence-electron chi connectivity index (χ1n) is 14.3. The number of likely N-dealkylation sites (tertiary alicyclic amines) is 1. The Bertz CT molecular complexity index is 1410. The number of carbonyl (C=O) groups is 1. The summed E-state index contributed by atoms with van der Waals surface area (Å²) in [6.45, 7) is 1.85. The number of likely N-dealkylation sites (N-methyl/N-ethyl adjacent to an activating group) is 1. The molecule has 3 aromatic rings. The summed E-state index contributed by atoms with van der Waals surface area (Å²) in [5, 5.41) is 12.7. The molecular weight excluding hydrogens is 484 g/mol. The van der Waals surface area contributed by atoms with Crippen LogP contribution in [0.15, 0.2) is 84.9 Å². The molecule has 0 aromatic heterocycles. The highest BCUT2D eigenvalue weighted by atomic mass is 16.5. The van der Waals surface area contributed by atoms with Gasteiger partial charge < -0.3 is 14.7 Å². The smallest absolute Gasteiger partial charge is 0.246 e. The Kier molecular flexibility index (Phi) is 5.91. The fourth-order valence-electron chi connectivity index (χ4n) is 8.17. The van der Waals surface area contributed by atoms with Gasteiger partial charge in [0, 0.05) is 31.3 Å². The molecule has 2 heterocycles. The highest BCUT2D eigenvalue weighted by Gasteiger charge is 2.72. The number of piperidine rings is 1. The lowest BCUT2D eigenvalue weighted by molar-refractivity contribution is -0.199. The van der Waals surface area contributed by atoms with Gasteiger partial charge in [0.15, 0.2) is 0 Å². The molecule has 2 bridgehead atoms. The summed E-state index contributed by atoms with van der Waals surface area (Å²) in [6, 6.07) is 26.9. The summed E-state index contributed by atoms with van der Waals surface area (Å²) in [5.41, 5.74) is 3.47.